The predicted molar refractivity (Wildman–Crippen MR) is 132 cm³/mol. The summed E-state index contributed by atoms with van der Waals surface area (Å²) in [6.45, 7) is 13.3. The van der Waals surface area contributed by atoms with Gasteiger partial charge in [-0.1, -0.05) is 65.2 Å². The zero-order valence-corrected chi connectivity index (χ0v) is 20.9. The van der Waals surface area contributed by atoms with E-state index < -0.39 is 18.2 Å². The first-order valence-electron chi connectivity index (χ1n) is 10.8. The highest BCUT2D eigenvalue weighted by atomic mass is 31.2. The number of carbonyl (C=O) groups excluding carboxylic acids is 2. The molecule has 0 atom stereocenters. The molecule has 0 aliphatic heterocycles. The van der Waals surface area contributed by atoms with E-state index >= 15 is 0 Å². The van der Waals surface area contributed by atoms with Gasteiger partial charge in [0, 0.05) is 17.3 Å². The van der Waals surface area contributed by atoms with Gasteiger partial charge in [0.05, 0.1) is 0 Å². The van der Waals surface area contributed by atoms with Gasteiger partial charge in [-0.2, -0.15) is 0 Å². The highest BCUT2D eigenvalue weighted by molar-refractivity contribution is 7.94. The van der Waals surface area contributed by atoms with Crippen molar-refractivity contribution in [2.24, 2.45) is 0 Å². The SMILES string of the molecule is Cc1ccc(CP(=O)(C(=O)c2c(C)cc(C)cc2C)C(=O)c2c(C)cc(C)cc2C)cc1. The smallest absolute Gasteiger partial charge is 0.229 e. The molecule has 0 aliphatic carbocycles. The molecule has 3 aromatic carbocycles. The summed E-state index contributed by atoms with van der Waals surface area (Å²) in [5.74, 6) is 0. The lowest BCUT2D eigenvalue weighted by atomic mass is 10.0. The molecule has 0 unspecified atom stereocenters. The first kappa shape index (κ1) is 23.9. The summed E-state index contributed by atoms with van der Waals surface area (Å²) in [6.07, 6.45) is -0.0789. The second kappa shape index (κ2) is 9.00. The third kappa shape index (κ3) is 4.54. The van der Waals surface area contributed by atoms with Crippen LogP contribution in [0, 0.1) is 48.5 Å². The minimum absolute atomic E-state index is 0.0789. The number of hydrogen-bond donors (Lipinski definition) is 0. The van der Waals surface area contributed by atoms with Crippen LogP contribution in [0.25, 0.3) is 0 Å². The molecule has 0 bridgehead atoms. The molecule has 0 aromatic heterocycles. The predicted octanol–water partition coefficient (Wildman–Crippen LogP) is 7.39. The van der Waals surface area contributed by atoms with Crippen molar-refractivity contribution in [2.75, 3.05) is 0 Å². The van der Waals surface area contributed by atoms with Crippen LogP contribution in [0.4, 0.5) is 0 Å². The summed E-state index contributed by atoms with van der Waals surface area (Å²) in [7, 11) is -4.00. The molecule has 3 rings (SSSR count). The Kier molecular flexibility index (Phi) is 6.72. The van der Waals surface area contributed by atoms with E-state index in [1.54, 1.807) is 0 Å². The van der Waals surface area contributed by atoms with Gasteiger partial charge < -0.3 is 4.57 Å². The fourth-order valence-corrected chi connectivity index (χ4v) is 7.21. The van der Waals surface area contributed by atoms with Crippen molar-refractivity contribution in [3.63, 3.8) is 0 Å². The maximum atomic E-state index is 14.5. The molecule has 32 heavy (non-hydrogen) atoms. The summed E-state index contributed by atoms with van der Waals surface area (Å²) >= 11 is 0. The lowest BCUT2D eigenvalue weighted by molar-refractivity contribution is 0.103. The average Bonchev–Trinajstić information content (AvgIpc) is 2.68. The van der Waals surface area contributed by atoms with Crippen LogP contribution in [-0.4, -0.2) is 11.0 Å². The fraction of sp³-hybridized carbons (Fsp3) is 0.286. The Morgan fingerprint density at radius 2 is 0.938 bits per heavy atom. The molecule has 3 nitrogen and oxygen atoms in total. The normalized spacial score (nSPS) is 11.5. The quantitative estimate of drug-likeness (QED) is 0.371. The zero-order valence-electron chi connectivity index (χ0n) is 20.0. The monoisotopic (exact) mass is 446 g/mol. The van der Waals surface area contributed by atoms with Crippen LogP contribution >= 0.6 is 7.14 Å². The Morgan fingerprint density at radius 1 is 0.594 bits per heavy atom. The van der Waals surface area contributed by atoms with Crippen molar-refractivity contribution < 1.29 is 14.2 Å². The maximum absolute atomic E-state index is 14.5. The molecule has 0 N–H and O–H groups in total. The Morgan fingerprint density at radius 3 is 1.28 bits per heavy atom. The molecule has 0 fully saturated rings. The summed E-state index contributed by atoms with van der Waals surface area (Å²) in [6, 6.07) is 15.2. The lowest BCUT2D eigenvalue weighted by Crippen LogP contribution is -2.17. The third-order valence-electron chi connectivity index (χ3n) is 5.96. The second-order valence-electron chi connectivity index (χ2n) is 9.04. The van der Waals surface area contributed by atoms with E-state index in [0.717, 1.165) is 44.5 Å². The third-order valence-corrected chi connectivity index (χ3v) is 8.53. The molecule has 166 valence electrons. The number of benzene rings is 3. The van der Waals surface area contributed by atoms with Crippen molar-refractivity contribution in [1.82, 2.24) is 0 Å². The van der Waals surface area contributed by atoms with Crippen LogP contribution in [-0.2, 0) is 10.7 Å². The van der Waals surface area contributed by atoms with Crippen molar-refractivity contribution in [3.8, 4) is 0 Å². The van der Waals surface area contributed by atoms with Gasteiger partial charge in [0.15, 0.2) is 0 Å². The fourth-order valence-electron chi connectivity index (χ4n) is 4.58. The number of rotatable bonds is 6. The minimum atomic E-state index is -4.00. The molecule has 0 amide bonds. The molecule has 0 spiro atoms. The molecule has 0 saturated carbocycles. The van der Waals surface area contributed by atoms with E-state index in [9.17, 15) is 14.2 Å². The second-order valence-corrected chi connectivity index (χ2v) is 11.6. The van der Waals surface area contributed by atoms with E-state index in [-0.39, 0.29) is 6.16 Å². The average molecular weight is 447 g/mol. The topological polar surface area (TPSA) is 51.2 Å². The van der Waals surface area contributed by atoms with Gasteiger partial charge in [0.25, 0.3) is 0 Å². The van der Waals surface area contributed by atoms with Crippen LogP contribution < -0.4 is 0 Å². The molecule has 0 radical (unpaired) electrons. The van der Waals surface area contributed by atoms with Gasteiger partial charge in [-0.15, -0.1) is 0 Å². The zero-order chi connectivity index (χ0) is 23.8. The maximum Gasteiger partial charge on any atom is 0.229 e. The van der Waals surface area contributed by atoms with E-state index in [1.165, 1.54) is 0 Å². The lowest BCUT2D eigenvalue weighted by Gasteiger charge is -2.21. The van der Waals surface area contributed by atoms with Gasteiger partial charge in [-0.3, -0.25) is 9.59 Å². The molecular weight excluding hydrogens is 415 g/mol. The summed E-state index contributed by atoms with van der Waals surface area (Å²) in [4.78, 5) is 27.8. The van der Waals surface area contributed by atoms with Gasteiger partial charge in [-0.25, -0.2) is 0 Å². The number of hydrogen-bond acceptors (Lipinski definition) is 3. The minimum Gasteiger partial charge on any atom is -0.306 e. The van der Waals surface area contributed by atoms with Crippen LogP contribution in [0.1, 0.15) is 65.2 Å². The first-order chi connectivity index (χ1) is 14.9. The van der Waals surface area contributed by atoms with Crippen molar-refractivity contribution in [1.29, 1.82) is 0 Å². The number of aryl methyl sites for hydroxylation is 7. The van der Waals surface area contributed by atoms with Gasteiger partial charge in [-0.05, 0) is 76.3 Å². The van der Waals surface area contributed by atoms with Gasteiger partial charge in [0.2, 0.25) is 18.2 Å². The Bertz CT molecular complexity index is 1150. The molecule has 0 aliphatic rings. The molecule has 0 heterocycles. The molecule has 0 saturated heterocycles. The number of carbonyl (C=O) groups is 2. The molecule has 4 heteroatoms. The first-order valence-corrected chi connectivity index (χ1v) is 12.7. The molecular formula is C28H31O3P. The van der Waals surface area contributed by atoms with Crippen LogP contribution in [0.5, 0.6) is 0 Å². The van der Waals surface area contributed by atoms with Crippen molar-refractivity contribution in [3.05, 3.63) is 104 Å². The van der Waals surface area contributed by atoms with E-state index in [4.69, 9.17) is 0 Å². The van der Waals surface area contributed by atoms with E-state index in [0.29, 0.717) is 11.1 Å². The summed E-state index contributed by atoms with van der Waals surface area (Å²) < 4.78 is 14.5. The largest absolute Gasteiger partial charge is 0.306 e. The Hall–Kier alpha value is -2.77. The van der Waals surface area contributed by atoms with Crippen molar-refractivity contribution >= 4 is 18.2 Å². The van der Waals surface area contributed by atoms with Crippen molar-refractivity contribution in [2.45, 2.75) is 54.6 Å². The summed E-state index contributed by atoms with van der Waals surface area (Å²) in [5, 5.41) is 0. The van der Waals surface area contributed by atoms with Crippen LogP contribution in [0.2, 0.25) is 0 Å². The Balaban J connectivity index is 2.23. The molecule has 3 aromatic rings. The Labute approximate surface area is 191 Å². The van der Waals surface area contributed by atoms with E-state index in [2.05, 4.69) is 0 Å². The summed E-state index contributed by atoms with van der Waals surface area (Å²) in [5.41, 5.74) is 6.58. The highest BCUT2D eigenvalue weighted by Gasteiger charge is 2.43. The standard InChI is InChI=1S/C28H31O3P/c1-17-8-10-24(11-9-17)16-32(31,27(29)25-20(4)12-18(2)13-21(25)5)28(30)26-22(6)14-19(3)15-23(26)7/h8-15H,16H2,1-7H3. The van der Waals surface area contributed by atoms with E-state index in [1.807, 2.05) is 97.0 Å². The van der Waals surface area contributed by atoms with Crippen LogP contribution in [0.3, 0.4) is 0 Å². The van der Waals surface area contributed by atoms with Gasteiger partial charge >= 0.3 is 0 Å². The van der Waals surface area contributed by atoms with Crippen LogP contribution in [0.15, 0.2) is 48.5 Å². The highest BCUT2D eigenvalue weighted by Crippen LogP contribution is 2.56. The van der Waals surface area contributed by atoms with Gasteiger partial charge in [0.1, 0.15) is 0 Å².